The van der Waals surface area contributed by atoms with Crippen LogP contribution in [0.15, 0.2) is 36.4 Å². The van der Waals surface area contributed by atoms with Crippen LogP contribution in [-0.2, 0) is 7.05 Å². The number of fused-ring (bicyclic) bond motifs is 1. The summed E-state index contributed by atoms with van der Waals surface area (Å²) in [6.45, 7) is 4.02. The first-order valence-electron chi connectivity index (χ1n) is 8.30. The lowest BCUT2D eigenvalue weighted by Gasteiger charge is -2.16. The molecule has 1 aromatic carbocycles. The quantitative estimate of drug-likeness (QED) is 0.932. The molecule has 0 aliphatic heterocycles. The van der Waals surface area contributed by atoms with Gasteiger partial charge in [-0.15, -0.1) is 0 Å². The number of aryl methyl sites for hydroxylation is 1. The maximum atomic E-state index is 9.72. The molecule has 0 fully saturated rings. The van der Waals surface area contributed by atoms with Crippen LogP contribution in [0.2, 0.25) is 0 Å². The number of likely N-dealkylation sites (N-methyl/N-ethyl adjacent to an activating group) is 1. The first-order valence-corrected chi connectivity index (χ1v) is 8.30. The van der Waals surface area contributed by atoms with Gasteiger partial charge in [0.15, 0.2) is 0 Å². The number of hydrogen-bond donors (Lipinski definition) is 1. The Morgan fingerprint density at radius 1 is 1.38 bits per heavy atom. The van der Waals surface area contributed by atoms with Crippen molar-refractivity contribution in [3.63, 3.8) is 0 Å². The molecule has 124 valence electrons. The number of nitrogens with one attached hydrogen (secondary N) is 1. The van der Waals surface area contributed by atoms with Crippen molar-refractivity contribution in [3.8, 4) is 11.8 Å². The van der Waals surface area contributed by atoms with Crippen LogP contribution in [0.25, 0.3) is 16.5 Å². The number of ether oxygens (including phenoxy) is 1. The Kier molecular flexibility index (Phi) is 4.46. The van der Waals surface area contributed by atoms with E-state index in [1.54, 1.807) is 0 Å². The second-order valence-corrected chi connectivity index (χ2v) is 6.39. The second-order valence-electron chi connectivity index (χ2n) is 6.39. The molecule has 4 heteroatoms. The third-order valence-corrected chi connectivity index (χ3v) is 4.40. The molecule has 1 atom stereocenters. The number of rotatable bonds is 4. The lowest BCUT2D eigenvalue weighted by atomic mass is 9.98. The normalized spacial score (nSPS) is 17.2. The monoisotopic (exact) mass is 321 g/mol. The highest BCUT2D eigenvalue weighted by atomic mass is 16.5. The Morgan fingerprint density at radius 2 is 2.17 bits per heavy atom. The minimum absolute atomic E-state index is 0.125. The van der Waals surface area contributed by atoms with Crippen LogP contribution in [0.5, 0.6) is 5.75 Å². The molecule has 1 unspecified atom stereocenters. The van der Waals surface area contributed by atoms with Crippen LogP contribution in [0.1, 0.15) is 31.5 Å². The predicted octanol–water partition coefficient (Wildman–Crippen LogP) is 3.77. The fourth-order valence-electron chi connectivity index (χ4n) is 3.22. The average Bonchev–Trinajstić information content (AvgIpc) is 2.86. The fourth-order valence-corrected chi connectivity index (χ4v) is 3.22. The zero-order chi connectivity index (χ0) is 17.3. The van der Waals surface area contributed by atoms with Gasteiger partial charge in [0.1, 0.15) is 11.8 Å². The van der Waals surface area contributed by atoms with Gasteiger partial charge in [0, 0.05) is 24.5 Å². The molecule has 1 N–H and O–H groups in total. The van der Waals surface area contributed by atoms with E-state index in [0.717, 1.165) is 39.9 Å². The van der Waals surface area contributed by atoms with Gasteiger partial charge in [-0.3, -0.25) is 0 Å². The molecule has 1 aromatic heterocycles. The summed E-state index contributed by atoms with van der Waals surface area (Å²) >= 11 is 0. The van der Waals surface area contributed by atoms with Gasteiger partial charge in [-0.25, -0.2) is 0 Å². The number of allylic oxidation sites excluding steroid dienone is 2. The van der Waals surface area contributed by atoms with Crippen molar-refractivity contribution in [1.29, 1.82) is 5.26 Å². The van der Waals surface area contributed by atoms with Gasteiger partial charge in [0.2, 0.25) is 0 Å². The van der Waals surface area contributed by atoms with Crippen LogP contribution in [0.3, 0.4) is 0 Å². The molecule has 3 rings (SSSR count). The highest BCUT2D eigenvalue weighted by Crippen LogP contribution is 2.34. The minimum atomic E-state index is 0.125. The molecule has 4 nitrogen and oxygen atoms in total. The van der Waals surface area contributed by atoms with Gasteiger partial charge in [-0.1, -0.05) is 18.2 Å². The summed E-state index contributed by atoms with van der Waals surface area (Å²) < 4.78 is 7.90. The van der Waals surface area contributed by atoms with Gasteiger partial charge >= 0.3 is 0 Å². The highest BCUT2D eigenvalue weighted by Gasteiger charge is 2.19. The number of hydrogen-bond acceptors (Lipinski definition) is 3. The predicted molar refractivity (Wildman–Crippen MR) is 98.0 cm³/mol. The standard InChI is InChI=1S/C20H23N3O/c1-13(2)24-16-9-10-17-18(12-21)20(23(4)19(17)11-16)14-5-7-15(22-3)8-6-14/h5-7,9-11,13,15,22H,8H2,1-4H3. The minimum Gasteiger partial charge on any atom is -0.491 e. The molecule has 0 bridgehead atoms. The zero-order valence-corrected chi connectivity index (χ0v) is 14.6. The summed E-state index contributed by atoms with van der Waals surface area (Å²) in [5.74, 6) is 0.831. The SMILES string of the molecule is CNC1C=CC(c2c(C#N)c3ccc(OC(C)C)cc3n2C)=CC1. The molecule has 1 aliphatic rings. The molecule has 24 heavy (non-hydrogen) atoms. The molecule has 2 aromatic rings. The van der Waals surface area contributed by atoms with Crippen LogP contribution in [-0.4, -0.2) is 23.8 Å². The summed E-state index contributed by atoms with van der Waals surface area (Å²) in [7, 11) is 3.97. The number of nitriles is 1. The average molecular weight is 321 g/mol. The number of aromatic nitrogens is 1. The summed E-state index contributed by atoms with van der Waals surface area (Å²) in [4.78, 5) is 0. The van der Waals surface area contributed by atoms with Crippen molar-refractivity contribution >= 4 is 16.5 Å². The van der Waals surface area contributed by atoms with Crippen LogP contribution in [0, 0.1) is 11.3 Å². The Hall–Kier alpha value is -2.51. The van der Waals surface area contributed by atoms with E-state index >= 15 is 0 Å². The molecular weight excluding hydrogens is 298 g/mol. The molecule has 1 aliphatic carbocycles. The van der Waals surface area contributed by atoms with E-state index in [0.29, 0.717) is 6.04 Å². The van der Waals surface area contributed by atoms with Crippen molar-refractivity contribution in [1.82, 2.24) is 9.88 Å². The van der Waals surface area contributed by atoms with Crippen LogP contribution < -0.4 is 10.1 Å². The molecule has 0 spiro atoms. The second kappa shape index (κ2) is 6.54. The molecule has 0 radical (unpaired) electrons. The summed E-state index contributed by atoms with van der Waals surface area (Å²) in [5, 5.41) is 13.9. The Morgan fingerprint density at radius 3 is 2.75 bits per heavy atom. The molecule has 1 heterocycles. The third-order valence-electron chi connectivity index (χ3n) is 4.40. The van der Waals surface area contributed by atoms with Gasteiger partial charge in [0.25, 0.3) is 0 Å². The maximum absolute atomic E-state index is 9.72. The van der Waals surface area contributed by atoms with E-state index in [-0.39, 0.29) is 6.10 Å². The van der Waals surface area contributed by atoms with E-state index in [4.69, 9.17) is 4.74 Å². The topological polar surface area (TPSA) is 50.0 Å². The van der Waals surface area contributed by atoms with Crippen molar-refractivity contribution < 1.29 is 4.74 Å². The van der Waals surface area contributed by atoms with Gasteiger partial charge < -0.3 is 14.6 Å². The largest absolute Gasteiger partial charge is 0.491 e. The zero-order valence-electron chi connectivity index (χ0n) is 14.6. The van der Waals surface area contributed by atoms with Gasteiger partial charge in [-0.05, 0) is 45.0 Å². The summed E-state index contributed by atoms with van der Waals surface area (Å²) in [6, 6.07) is 8.69. The summed E-state index contributed by atoms with van der Waals surface area (Å²) in [5.41, 5.74) is 3.82. The van der Waals surface area contributed by atoms with E-state index < -0.39 is 0 Å². The smallest absolute Gasteiger partial charge is 0.121 e. The van der Waals surface area contributed by atoms with Crippen LogP contribution >= 0.6 is 0 Å². The Bertz CT molecular complexity index is 865. The molecule has 0 amide bonds. The highest BCUT2D eigenvalue weighted by molar-refractivity contribution is 5.95. The van der Waals surface area contributed by atoms with Crippen molar-refractivity contribution in [2.24, 2.45) is 7.05 Å². The fraction of sp³-hybridized carbons (Fsp3) is 0.350. The van der Waals surface area contributed by atoms with Crippen molar-refractivity contribution in [2.45, 2.75) is 32.4 Å². The van der Waals surface area contributed by atoms with E-state index in [9.17, 15) is 5.26 Å². The lowest BCUT2D eigenvalue weighted by molar-refractivity contribution is 0.242. The molecular formula is C20H23N3O. The molecule has 0 saturated heterocycles. The Balaban J connectivity index is 2.12. The van der Waals surface area contributed by atoms with Crippen LogP contribution in [0.4, 0.5) is 0 Å². The van der Waals surface area contributed by atoms with E-state index in [1.807, 2.05) is 46.1 Å². The summed E-state index contributed by atoms with van der Waals surface area (Å²) in [6.07, 6.45) is 7.50. The first-order chi connectivity index (χ1) is 11.5. The first kappa shape index (κ1) is 16.4. The van der Waals surface area contributed by atoms with Gasteiger partial charge in [0.05, 0.1) is 22.9 Å². The van der Waals surface area contributed by atoms with Gasteiger partial charge in [-0.2, -0.15) is 5.26 Å². The van der Waals surface area contributed by atoms with E-state index in [1.165, 1.54) is 0 Å². The van der Waals surface area contributed by atoms with E-state index in [2.05, 4.69) is 34.2 Å². The third kappa shape index (κ3) is 2.83. The molecule has 0 saturated carbocycles. The number of benzene rings is 1. The lowest BCUT2D eigenvalue weighted by Crippen LogP contribution is -2.23. The maximum Gasteiger partial charge on any atom is 0.121 e. The Labute approximate surface area is 143 Å². The van der Waals surface area contributed by atoms with Crippen molar-refractivity contribution in [2.75, 3.05) is 7.05 Å². The number of nitrogens with zero attached hydrogens (tertiary/aromatic N) is 2. The van der Waals surface area contributed by atoms with Crippen molar-refractivity contribution in [3.05, 3.63) is 47.7 Å².